The monoisotopic (exact) mass is 318 g/mol. The number of carbonyl (C=O) groups is 2. The predicted octanol–water partition coefficient (Wildman–Crippen LogP) is 3.12. The number of nitrogens with one attached hydrogen (secondary N) is 1. The number of hydrogen-bond acceptors (Lipinski definition) is 3. The van der Waals surface area contributed by atoms with Crippen molar-refractivity contribution in [3.05, 3.63) is 29.8 Å². The second-order valence-corrected chi connectivity index (χ2v) is 6.81. The Hall–Kier alpha value is -2.04. The Bertz CT molecular complexity index is 568. The Kier molecular flexibility index (Phi) is 5.29. The lowest BCUT2D eigenvalue weighted by Crippen LogP contribution is -2.44. The molecule has 0 spiro atoms. The first-order chi connectivity index (χ1) is 10.8. The summed E-state index contributed by atoms with van der Waals surface area (Å²) in [7, 11) is 0. The molecule has 1 aromatic rings. The van der Waals surface area contributed by atoms with Crippen LogP contribution >= 0.6 is 0 Å². The Morgan fingerprint density at radius 2 is 1.87 bits per heavy atom. The second-order valence-electron chi connectivity index (χ2n) is 6.81. The molecule has 1 unspecified atom stereocenters. The molecule has 0 aliphatic carbocycles. The number of ether oxygens (including phenoxy) is 1. The molecular formula is C18H26N2O3. The van der Waals surface area contributed by atoms with Gasteiger partial charge in [-0.1, -0.05) is 31.5 Å². The summed E-state index contributed by atoms with van der Waals surface area (Å²) in [4.78, 5) is 25.9. The Morgan fingerprint density at radius 1 is 1.22 bits per heavy atom. The molecule has 1 aliphatic rings. The molecule has 1 heterocycles. The number of nitrogens with zero attached hydrogens (tertiary/aromatic N) is 1. The van der Waals surface area contributed by atoms with Crippen molar-refractivity contribution >= 4 is 11.9 Å². The zero-order valence-corrected chi connectivity index (χ0v) is 14.4. The molecule has 1 N–H and O–H groups in total. The summed E-state index contributed by atoms with van der Waals surface area (Å²) in [5.41, 5.74) is 0.373. The van der Waals surface area contributed by atoms with E-state index in [1.54, 1.807) is 6.92 Å². The summed E-state index contributed by atoms with van der Waals surface area (Å²) in [6, 6.07) is 7.37. The van der Waals surface area contributed by atoms with Gasteiger partial charge in [0.05, 0.1) is 6.54 Å². The first-order valence-electron chi connectivity index (χ1n) is 8.15. The van der Waals surface area contributed by atoms with E-state index in [1.165, 1.54) is 4.90 Å². The van der Waals surface area contributed by atoms with Crippen LogP contribution in [-0.4, -0.2) is 35.5 Å². The first kappa shape index (κ1) is 17.3. The lowest BCUT2D eigenvalue weighted by Gasteiger charge is -2.22. The Morgan fingerprint density at radius 3 is 2.48 bits per heavy atom. The van der Waals surface area contributed by atoms with Crippen LogP contribution in [0.25, 0.3) is 0 Å². The summed E-state index contributed by atoms with van der Waals surface area (Å²) < 4.78 is 5.61. The van der Waals surface area contributed by atoms with Crippen LogP contribution in [0.1, 0.15) is 39.2 Å². The molecule has 3 amide bonds. The summed E-state index contributed by atoms with van der Waals surface area (Å²) >= 11 is 0. The van der Waals surface area contributed by atoms with E-state index in [0.717, 1.165) is 17.7 Å². The fraction of sp³-hybridized carbons (Fsp3) is 0.556. The highest BCUT2D eigenvalue weighted by atomic mass is 16.5. The van der Waals surface area contributed by atoms with E-state index in [9.17, 15) is 9.59 Å². The summed E-state index contributed by atoms with van der Waals surface area (Å²) in [6.07, 6.45) is 1.56. The van der Waals surface area contributed by atoms with E-state index in [0.29, 0.717) is 18.9 Å². The van der Waals surface area contributed by atoms with Crippen LogP contribution in [0.2, 0.25) is 0 Å². The van der Waals surface area contributed by atoms with Gasteiger partial charge in [0.15, 0.2) is 0 Å². The number of amides is 3. The predicted molar refractivity (Wildman–Crippen MR) is 89.4 cm³/mol. The molecule has 5 nitrogen and oxygen atoms in total. The highest BCUT2D eigenvalue weighted by molar-refractivity contribution is 6.06. The third-order valence-electron chi connectivity index (χ3n) is 4.17. The average molecular weight is 318 g/mol. The van der Waals surface area contributed by atoms with Gasteiger partial charge in [-0.05, 0) is 44.7 Å². The number of rotatable bonds is 7. The van der Waals surface area contributed by atoms with Crippen molar-refractivity contribution in [3.8, 4) is 5.75 Å². The van der Waals surface area contributed by atoms with Gasteiger partial charge in [0.2, 0.25) is 0 Å². The molecule has 2 rings (SSSR count). The van der Waals surface area contributed by atoms with E-state index in [4.69, 9.17) is 4.74 Å². The van der Waals surface area contributed by atoms with Gasteiger partial charge in [-0.2, -0.15) is 0 Å². The minimum atomic E-state index is -0.786. The van der Waals surface area contributed by atoms with E-state index < -0.39 is 5.54 Å². The van der Waals surface area contributed by atoms with Crippen molar-refractivity contribution in [1.29, 1.82) is 0 Å². The maximum Gasteiger partial charge on any atom is 0.325 e. The van der Waals surface area contributed by atoms with Gasteiger partial charge in [-0.15, -0.1) is 0 Å². The lowest BCUT2D eigenvalue weighted by atomic mass is 9.92. The van der Waals surface area contributed by atoms with Crippen molar-refractivity contribution in [2.75, 3.05) is 13.2 Å². The summed E-state index contributed by atoms with van der Waals surface area (Å²) in [6.45, 7) is 8.58. The molecule has 0 aromatic heterocycles. The van der Waals surface area contributed by atoms with Gasteiger partial charge >= 0.3 is 6.03 Å². The van der Waals surface area contributed by atoms with Crippen molar-refractivity contribution in [1.82, 2.24) is 10.2 Å². The van der Waals surface area contributed by atoms with Crippen molar-refractivity contribution < 1.29 is 14.3 Å². The molecule has 1 saturated heterocycles. The third kappa shape index (κ3) is 4.24. The SMILES string of the molecule is Cc1ccc(OCCN2C(=O)NC(C)(CCC(C)C)C2=O)cc1. The maximum absolute atomic E-state index is 12.5. The molecule has 1 aliphatic heterocycles. The second kappa shape index (κ2) is 7.02. The summed E-state index contributed by atoms with van der Waals surface area (Å²) in [5.74, 6) is 1.08. The smallest absolute Gasteiger partial charge is 0.325 e. The molecule has 126 valence electrons. The normalized spacial score (nSPS) is 21.0. The minimum absolute atomic E-state index is 0.157. The average Bonchev–Trinajstić information content (AvgIpc) is 2.71. The van der Waals surface area contributed by atoms with Crippen LogP contribution in [0.5, 0.6) is 5.75 Å². The van der Waals surface area contributed by atoms with E-state index in [2.05, 4.69) is 19.2 Å². The van der Waals surface area contributed by atoms with Gasteiger partial charge in [0, 0.05) is 0 Å². The van der Waals surface area contributed by atoms with Crippen molar-refractivity contribution in [3.63, 3.8) is 0 Å². The molecule has 0 saturated carbocycles. The molecule has 1 atom stereocenters. The van der Waals surface area contributed by atoms with Gasteiger partial charge in [-0.25, -0.2) is 4.79 Å². The van der Waals surface area contributed by atoms with E-state index in [-0.39, 0.29) is 18.5 Å². The fourth-order valence-corrected chi connectivity index (χ4v) is 2.59. The number of imide groups is 1. The van der Waals surface area contributed by atoms with E-state index in [1.807, 2.05) is 31.2 Å². The largest absolute Gasteiger partial charge is 0.492 e. The fourth-order valence-electron chi connectivity index (χ4n) is 2.59. The number of carbonyl (C=O) groups excluding carboxylic acids is 2. The first-order valence-corrected chi connectivity index (χ1v) is 8.15. The lowest BCUT2D eigenvalue weighted by molar-refractivity contribution is -0.131. The zero-order valence-electron chi connectivity index (χ0n) is 14.4. The Labute approximate surface area is 138 Å². The molecule has 1 aromatic carbocycles. The highest BCUT2D eigenvalue weighted by Gasteiger charge is 2.47. The Balaban J connectivity index is 1.88. The molecule has 1 fully saturated rings. The molecule has 23 heavy (non-hydrogen) atoms. The van der Waals surface area contributed by atoms with Gasteiger partial charge in [-0.3, -0.25) is 9.69 Å². The maximum atomic E-state index is 12.5. The standard InChI is InChI=1S/C18H26N2O3/c1-13(2)9-10-18(4)16(21)20(17(22)19-18)11-12-23-15-7-5-14(3)6-8-15/h5-8,13H,9-12H2,1-4H3,(H,19,22). The quantitative estimate of drug-likeness (QED) is 0.786. The number of aryl methyl sites for hydroxylation is 1. The van der Waals surface area contributed by atoms with Crippen LogP contribution < -0.4 is 10.1 Å². The highest BCUT2D eigenvalue weighted by Crippen LogP contribution is 2.24. The van der Waals surface area contributed by atoms with Crippen LogP contribution in [0.4, 0.5) is 4.79 Å². The van der Waals surface area contributed by atoms with Gasteiger partial charge in [0.1, 0.15) is 17.9 Å². The summed E-state index contributed by atoms with van der Waals surface area (Å²) in [5, 5.41) is 2.82. The van der Waals surface area contributed by atoms with Crippen LogP contribution in [0, 0.1) is 12.8 Å². The number of urea groups is 1. The topological polar surface area (TPSA) is 58.6 Å². The van der Waals surface area contributed by atoms with Crippen LogP contribution in [0.3, 0.4) is 0 Å². The van der Waals surface area contributed by atoms with Crippen molar-refractivity contribution in [2.45, 2.75) is 46.1 Å². The van der Waals surface area contributed by atoms with Gasteiger partial charge < -0.3 is 10.1 Å². The van der Waals surface area contributed by atoms with Crippen molar-refractivity contribution in [2.24, 2.45) is 5.92 Å². The molecule has 0 radical (unpaired) electrons. The number of benzene rings is 1. The molecule has 5 heteroatoms. The molecule has 0 bridgehead atoms. The van der Waals surface area contributed by atoms with E-state index >= 15 is 0 Å². The zero-order chi connectivity index (χ0) is 17.0. The third-order valence-corrected chi connectivity index (χ3v) is 4.17. The minimum Gasteiger partial charge on any atom is -0.492 e. The number of hydrogen-bond donors (Lipinski definition) is 1. The molecular weight excluding hydrogens is 292 g/mol. The van der Waals surface area contributed by atoms with Gasteiger partial charge in [0.25, 0.3) is 5.91 Å². The van der Waals surface area contributed by atoms with Crippen LogP contribution in [0.15, 0.2) is 24.3 Å². The van der Waals surface area contributed by atoms with Crippen LogP contribution in [-0.2, 0) is 4.79 Å².